The van der Waals surface area contributed by atoms with Gasteiger partial charge in [-0.3, -0.25) is 9.20 Å². The number of hydrogen-bond donors (Lipinski definition) is 2. The minimum atomic E-state index is -0.166. The molecule has 0 unspecified atom stereocenters. The molecule has 0 saturated heterocycles. The highest BCUT2D eigenvalue weighted by molar-refractivity contribution is 9.10. The molecule has 4 rings (SSSR count). The van der Waals surface area contributed by atoms with Gasteiger partial charge in [0.05, 0.1) is 11.9 Å². The lowest BCUT2D eigenvalue weighted by atomic mass is 10.1. The van der Waals surface area contributed by atoms with Crippen LogP contribution in [-0.4, -0.2) is 20.3 Å². The number of nitrogens with zero attached hydrogens (tertiary/aromatic N) is 3. The van der Waals surface area contributed by atoms with Crippen LogP contribution in [0.5, 0.6) is 0 Å². The second-order valence-electron chi connectivity index (χ2n) is 5.69. The van der Waals surface area contributed by atoms with Crippen LogP contribution in [0.2, 0.25) is 0 Å². The number of imidazole rings is 1. The molecule has 0 spiro atoms. The number of anilines is 2. The minimum absolute atomic E-state index is 0.166. The molecule has 1 amide bonds. The van der Waals surface area contributed by atoms with Crippen LogP contribution in [0.25, 0.3) is 16.9 Å². The van der Waals surface area contributed by atoms with Crippen molar-refractivity contribution in [2.24, 2.45) is 0 Å². The maximum absolute atomic E-state index is 12.4. The van der Waals surface area contributed by atoms with Gasteiger partial charge in [-0.1, -0.05) is 28.1 Å². The molecule has 0 aliphatic carbocycles. The number of hydrogen-bond acceptors (Lipinski definition) is 4. The van der Waals surface area contributed by atoms with Gasteiger partial charge in [-0.15, -0.1) is 0 Å². The molecular weight excluding hydrogens is 394 g/mol. The molecule has 0 saturated carbocycles. The minimum Gasteiger partial charge on any atom is -0.381 e. The van der Waals surface area contributed by atoms with Crippen molar-refractivity contribution in [2.75, 3.05) is 11.1 Å². The number of nitrogens with one attached hydrogen (secondary N) is 1. The van der Waals surface area contributed by atoms with Crippen LogP contribution in [0.3, 0.4) is 0 Å². The van der Waals surface area contributed by atoms with Gasteiger partial charge in [0.15, 0.2) is 11.5 Å². The molecular formula is C19H14BrN5O. The fraction of sp³-hybridized carbons (Fsp3) is 0. The zero-order chi connectivity index (χ0) is 18.1. The summed E-state index contributed by atoms with van der Waals surface area (Å²) in [4.78, 5) is 20.8. The molecule has 7 heteroatoms. The number of fused-ring (bicyclic) bond motifs is 1. The summed E-state index contributed by atoms with van der Waals surface area (Å²) in [5.41, 5.74) is 9.54. The Balaban J connectivity index is 1.65. The Morgan fingerprint density at radius 3 is 2.73 bits per heavy atom. The number of carbonyl (C=O) groups is 1. The van der Waals surface area contributed by atoms with E-state index in [1.165, 1.54) is 0 Å². The first-order chi connectivity index (χ1) is 12.6. The monoisotopic (exact) mass is 407 g/mol. The molecule has 0 aliphatic heterocycles. The predicted octanol–water partition coefficient (Wildman–Crippen LogP) is 3.99. The molecule has 0 atom stereocenters. The van der Waals surface area contributed by atoms with Crippen molar-refractivity contribution in [3.05, 3.63) is 77.2 Å². The number of carbonyl (C=O) groups excluding carboxylic acids is 1. The number of nitrogen functional groups attached to an aromatic ring is 1. The highest BCUT2D eigenvalue weighted by Gasteiger charge is 2.10. The summed E-state index contributed by atoms with van der Waals surface area (Å²) in [5.74, 6) is 0.208. The first-order valence-corrected chi connectivity index (χ1v) is 8.66. The molecule has 0 fully saturated rings. The average molecular weight is 408 g/mol. The SMILES string of the molecule is Nc1nccn2c(-c3cccc(NC(=O)c4ccc(Br)cc4)c3)cnc12. The first kappa shape index (κ1) is 16.3. The van der Waals surface area contributed by atoms with Crippen molar-refractivity contribution in [3.63, 3.8) is 0 Å². The zero-order valence-corrected chi connectivity index (χ0v) is 15.1. The van der Waals surface area contributed by atoms with E-state index in [1.54, 1.807) is 30.7 Å². The molecule has 4 aromatic rings. The number of rotatable bonds is 3. The highest BCUT2D eigenvalue weighted by atomic mass is 79.9. The van der Waals surface area contributed by atoms with E-state index in [0.29, 0.717) is 22.7 Å². The second kappa shape index (κ2) is 6.61. The molecule has 2 aromatic carbocycles. The number of halogens is 1. The Hall–Kier alpha value is -3.19. The summed E-state index contributed by atoms with van der Waals surface area (Å²) in [6, 6.07) is 14.8. The fourth-order valence-corrected chi connectivity index (χ4v) is 2.98. The predicted molar refractivity (Wildman–Crippen MR) is 105 cm³/mol. The molecule has 0 radical (unpaired) electrons. The van der Waals surface area contributed by atoms with Gasteiger partial charge in [0.2, 0.25) is 0 Å². The molecule has 2 heterocycles. The topological polar surface area (TPSA) is 85.3 Å². The average Bonchev–Trinajstić information content (AvgIpc) is 3.08. The lowest BCUT2D eigenvalue weighted by molar-refractivity contribution is 0.102. The van der Waals surface area contributed by atoms with E-state index in [9.17, 15) is 4.79 Å². The Morgan fingerprint density at radius 1 is 1.12 bits per heavy atom. The number of benzene rings is 2. The number of amides is 1. The molecule has 0 bridgehead atoms. The van der Waals surface area contributed by atoms with Crippen LogP contribution in [-0.2, 0) is 0 Å². The molecule has 6 nitrogen and oxygen atoms in total. The highest BCUT2D eigenvalue weighted by Crippen LogP contribution is 2.25. The molecule has 2 aromatic heterocycles. The van der Waals surface area contributed by atoms with Crippen molar-refractivity contribution in [1.29, 1.82) is 0 Å². The summed E-state index contributed by atoms with van der Waals surface area (Å²) in [6.45, 7) is 0. The van der Waals surface area contributed by atoms with Gasteiger partial charge in [0, 0.05) is 33.7 Å². The van der Waals surface area contributed by atoms with Gasteiger partial charge in [-0.25, -0.2) is 9.97 Å². The van der Waals surface area contributed by atoms with E-state index < -0.39 is 0 Å². The van der Waals surface area contributed by atoms with Crippen LogP contribution in [0, 0.1) is 0 Å². The van der Waals surface area contributed by atoms with Crippen molar-refractivity contribution in [2.45, 2.75) is 0 Å². The third-order valence-corrected chi connectivity index (χ3v) is 4.51. The van der Waals surface area contributed by atoms with Gasteiger partial charge < -0.3 is 11.1 Å². The quantitative estimate of drug-likeness (QED) is 0.537. The van der Waals surface area contributed by atoms with E-state index in [1.807, 2.05) is 40.8 Å². The van der Waals surface area contributed by atoms with Crippen molar-refractivity contribution < 1.29 is 4.79 Å². The van der Waals surface area contributed by atoms with E-state index in [2.05, 4.69) is 31.2 Å². The van der Waals surface area contributed by atoms with Gasteiger partial charge in [0.1, 0.15) is 0 Å². The first-order valence-electron chi connectivity index (χ1n) is 7.87. The zero-order valence-electron chi connectivity index (χ0n) is 13.6. The summed E-state index contributed by atoms with van der Waals surface area (Å²) in [6.07, 6.45) is 5.18. The van der Waals surface area contributed by atoms with E-state index in [0.717, 1.165) is 15.7 Å². The maximum Gasteiger partial charge on any atom is 0.255 e. The third kappa shape index (κ3) is 3.04. The summed E-state index contributed by atoms with van der Waals surface area (Å²) >= 11 is 3.36. The number of nitrogens with two attached hydrogens (primary N) is 1. The van der Waals surface area contributed by atoms with Crippen molar-refractivity contribution >= 4 is 39.0 Å². The lowest BCUT2D eigenvalue weighted by Gasteiger charge is -2.08. The second-order valence-corrected chi connectivity index (χ2v) is 6.61. The lowest BCUT2D eigenvalue weighted by Crippen LogP contribution is -2.11. The summed E-state index contributed by atoms with van der Waals surface area (Å²) in [7, 11) is 0. The summed E-state index contributed by atoms with van der Waals surface area (Å²) < 4.78 is 2.80. The van der Waals surface area contributed by atoms with Crippen molar-refractivity contribution in [1.82, 2.24) is 14.4 Å². The van der Waals surface area contributed by atoms with Gasteiger partial charge in [-0.2, -0.15) is 0 Å². The van der Waals surface area contributed by atoms with Crippen LogP contribution in [0.1, 0.15) is 10.4 Å². The maximum atomic E-state index is 12.4. The van der Waals surface area contributed by atoms with Crippen LogP contribution in [0.4, 0.5) is 11.5 Å². The Labute approximate surface area is 157 Å². The Morgan fingerprint density at radius 2 is 1.92 bits per heavy atom. The fourth-order valence-electron chi connectivity index (χ4n) is 2.71. The van der Waals surface area contributed by atoms with Crippen LogP contribution in [0.15, 0.2) is 71.6 Å². The Bertz CT molecular complexity index is 1100. The Kier molecular flexibility index (Phi) is 4.14. The van der Waals surface area contributed by atoms with Gasteiger partial charge in [0.25, 0.3) is 5.91 Å². The molecule has 26 heavy (non-hydrogen) atoms. The van der Waals surface area contributed by atoms with E-state index >= 15 is 0 Å². The molecule has 0 aliphatic rings. The largest absolute Gasteiger partial charge is 0.381 e. The smallest absolute Gasteiger partial charge is 0.255 e. The van der Waals surface area contributed by atoms with Crippen LogP contribution < -0.4 is 11.1 Å². The van der Waals surface area contributed by atoms with Crippen LogP contribution >= 0.6 is 15.9 Å². The molecule has 3 N–H and O–H groups in total. The summed E-state index contributed by atoms with van der Waals surface area (Å²) in [5, 5.41) is 2.92. The normalized spacial score (nSPS) is 10.8. The van der Waals surface area contributed by atoms with E-state index in [4.69, 9.17) is 5.73 Å². The molecule has 128 valence electrons. The van der Waals surface area contributed by atoms with Gasteiger partial charge >= 0.3 is 0 Å². The standard InChI is InChI=1S/C19H14BrN5O/c20-14-6-4-12(5-7-14)19(26)24-15-3-1-2-13(10-15)16-11-23-18-17(21)22-8-9-25(16)18/h1-11H,(H2,21,22)(H,24,26). The van der Waals surface area contributed by atoms with Crippen molar-refractivity contribution in [3.8, 4) is 11.3 Å². The number of aromatic nitrogens is 3. The van der Waals surface area contributed by atoms with E-state index in [-0.39, 0.29) is 5.91 Å². The van der Waals surface area contributed by atoms with Gasteiger partial charge in [-0.05, 0) is 36.4 Å². The third-order valence-electron chi connectivity index (χ3n) is 3.98.